The van der Waals surface area contributed by atoms with Crippen molar-refractivity contribution in [3.63, 3.8) is 0 Å². The number of carboxylic acids is 1. The lowest BCUT2D eigenvalue weighted by Crippen LogP contribution is -2.45. The smallest absolute Gasteiger partial charge is 0.354 e. The number of hydrogen-bond acceptors (Lipinski definition) is 6. The van der Waals surface area contributed by atoms with Gasteiger partial charge >= 0.3 is 5.97 Å². The molecule has 0 spiro atoms. The van der Waals surface area contributed by atoms with Gasteiger partial charge in [-0.3, -0.25) is 4.99 Å². The van der Waals surface area contributed by atoms with Gasteiger partial charge < -0.3 is 21.3 Å². The van der Waals surface area contributed by atoms with Gasteiger partial charge in [-0.15, -0.1) is 0 Å². The molecule has 5 N–H and O–H groups in total. The normalized spacial score (nSPS) is 18.6. The molecule has 0 unspecified atom stereocenters. The first kappa shape index (κ1) is 22.6. The minimum atomic E-state index is -2.98. The number of pyridine rings is 1. The van der Waals surface area contributed by atoms with E-state index in [1.807, 2.05) is 0 Å². The molecular formula is C18H18BrF3N4O3. The van der Waals surface area contributed by atoms with Gasteiger partial charge in [-0.2, -0.15) is 0 Å². The third-order valence-electron chi connectivity index (χ3n) is 4.01. The van der Waals surface area contributed by atoms with Gasteiger partial charge in [0.05, 0.1) is 11.1 Å². The fourth-order valence-corrected chi connectivity index (χ4v) is 3.11. The number of nitrogen functional groups attached to an aromatic ring is 1. The number of halogens is 4. The third-order valence-corrected chi connectivity index (χ3v) is 4.58. The molecule has 0 aliphatic carbocycles. The van der Waals surface area contributed by atoms with E-state index in [0.717, 1.165) is 6.07 Å². The number of benzene rings is 1. The van der Waals surface area contributed by atoms with Crippen molar-refractivity contribution >= 4 is 33.4 Å². The molecule has 156 valence electrons. The first-order valence-electron chi connectivity index (χ1n) is 8.18. The lowest BCUT2D eigenvalue weighted by Gasteiger charge is -2.33. The van der Waals surface area contributed by atoms with Crippen LogP contribution < -0.4 is 11.5 Å². The number of amidine groups is 1. The lowest BCUT2D eigenvalue weighted by molar-refractivity contribution is -0.0146. The van der Waals surface area contributed by atoms with E-state index < -0.39 is 30.4 Å². The number of aromatic nitrogens is 1. The van der Waals surface area contributed by atoms with Crippen LogP contribution in [0.1, 0.15) is 21.6 Å². The van der Waals surface area contributed by atoms with Crippen molar-refractivity contribution in [1.29, 1.82) is 0 Å². The summed E-state index contributed by atoms with van der Waals surface area (Å²) in [5.41, 5.74) is 9.46. The second kappa shape index (κ2) is 9.23. The molecule has 1 atom stereocenters. The predicted octanol–water partition coefficient (Wildman–Crippen LogP) is 3.11. The number of aryl methyl sites for hydroxylation is 1. The van der Waals surface area contributed by atoms with Gasteiger partial charge in [-0.25, -0.2) is 22.9 Å². The van der Waals surface area contributed by atoms with Crippen molar-refractivity contribution in [2.45, 2.75) is 18.9 Å². The summed E-state index contributed by atoms with van der Waals surface area (Å²) in [4.78, 5) is 17.8. The number of aliphatic imine (C=N–C) groups is 1. The average Bonchev–Trinajstić information content (AvgIpc) is 2.65. The highest BCUT2D eigenvalue weighted by atomic mass is 79.9. The molecule has 2 aromatic rings. The Balaban J connectivity index is 0.000000253. The van der Waals surface area contributed by atoms with Crippen LogP contribution in [0.3, 0.4) is 0 Å². The van der Waals surface area contributed by atoms with Gasteiger partial charge in [0, 0.05) is 17.4 Å². The molecule has 1 aliphatic rings. The van der Waals surface area contributed by atoms with Gasteiger partial charge in [0.2, 0.25) is 0 Å². The molecule has 0 radical (unpaired) electrons. The second-order valence-corrected chi connectivity index (χ2v) is 7.01. The summed E-state index contributed by atoms with van der Waals surface area (Å²) in [6.45, 7) is 1.20. The second-order valence-electron chi connectivity index (χ2n) is 6.16. The molecular weight excluding hydrogens is 457 g/mol. The first-order valence-corrected chi connectivity index (χ1v) is 8.97. The van der Waals surface area contributed by atoms with Crippen LogP contribution in [0.2, 0.25) is 0 Å². The SMILES string of the molecule is Cc1cccnc1C(=O)O.NC1=N[C@@](c2cc(N)cc(Br)c2F)(C(F)F)COC1. The van der Waals surface area contributed by atoms with Crippen molar-refractivity contribution in [3.8, 4) is 0 Å². The molecule has 3 rings (SSSR count). The molecule has 0 bridgehead atoms. The van der Waals surface area contributed by atoms with Crippen LogP contribution in [0, 0.1) is 12.7 Å². The Labute approximate surface area is 172 Å². The van der Waals surface area contributed by atoms with E-state index in [4.69, 9.17) is 21.3 Å². The number of aromatic carboxylic acids is 1. The van der Waals surface area contributed by atoms with E-state index >= 15 is 0 Å². The van der Waals surface area contributed by atoms with Gasteiger partial charge in [0.15, 0.2) is 11.2 Å². The van der Waals surface area contributed by atoms with E-state index in [2.05, 4.69) is 25.9 Å². The number of alkyl halides is 2. The van der Waals surface area contributed by atoms with E-state index in [1.54, 1.807) is 19.1 Å². The third kappa shape index (κ3) is 5.04. The number of hydrogen-bond donors (Lipinski definition) is 3. The maximum atomic E-state index is 14.1. The highest BCUT2D eigenvalue weighted by molar-refractivity contribution is 9.10. The molecule has 0 saturated heterocycles. The molecule has 7 nitrogen and oxygen atoms in total. The van der Waals surface area contributed by atoms with Crippen molar-refractivity contribution in [1.82, 2.24) is 4.98 Å². The Bertz CT molecular complexity index is 943. The maximum Gasteiger partial charge on any atom is 0.354 e. The summed E-state index contributed by atoms with van der Waals surface area (Å²) in [7, 11) is 0. The Hall–Kier alpha value is -2.66. The van der Waals surface area contributed by atoms with E-state index in [1.165, 1.54) is 12.3 Å². The molecule has 0 fully saturated rings. The number of carbonyl (C=O) groups is 1. The topological polar surface area (TPSA) is 124 Å². The number of rotatable bonds is 3. The maximum absolute atomic E-state index is 14.1. The fraction of sp³-hybridized carbons (Fsp3) is 0.278. The Morgan fingerprint density at radius 1 is 1.38 bits per heavy atom. The van der Waals surface area contributed by atoms with Crippen LogP contribution in [-0.2, 0) is 10.3 Å². The molecule has 0 saturated carbocycles. The Morgan fingerprint density at radius 3 is 2.59 bits per heavy atom. The van der Waals surface area contributed by atoms with E-state index in [0.29, 0.717) is 5.56 Å². The fourth-order valence-electron chi connectivity index (χ4n) is 2.63. The standard InChI is InChI=1S/C11H11BrF3N3O.C7H7NO2/c12-7-2-5(16)1-6(9(7)13)11(10(14)15)4-19-3-8(17)18-11;1-5-3-2-4-8-6(5)7(9)10/h1-2,10H,3-4,16H2,(H2,17,18);2-4H,1H3,(H,9,10)/t11-;/m0./s1. The minimum Gasteiger partial charge on any atom is -0.477 e. The predicted molar refractivity (Wildman–Crippen MR) is 105 cm³/mol. The zero-order valence-electron chi connectivity index (χ0n) is 15.2. The van der Waals surface area contributed by atoms with Crippen LogP contribution in [0.5, 0.6) is 0 Å². The van der Waals surface area contributed by atoms with Gasteiger partial charge in [0.1, 0.15) is 18.3 Å². The Kier molecular flexibility index (Phi) is 7.20. The Morgan fingerprint density at radius 2 is 2.07 bits per heavy atom. The molecule has 0 amide bonds. The quantitative estimate of drug-likeness (QED) is 0.587. The van der Waals surface area contributed by atoms with Crippen LogP contribution in [0.25, 0.3) is 0 Å². The zero-order valence-corrected chi connectivity index (χ0v) is 16.8. The number of nitrogens with two attached hydrogens (primary N) is 2. The monoisotopic (exact) mass is 474 g/mol. The zero-order chi connectivity index (χ0) is 21.8. The summed E-state index contributed by atoms with van der Waals surface area (Å²) in [5, 5.41) is 8.50. The number of ether oxygens (including phenoxy) is 1. The molecule has 29 heavy (non-hydrogen) atoms. The van der Waals surface area contributed by atoms with E-state index in [-0.39, 0.29) is 33.9 Å². The summed E-state index contributed by atoms with van der Waals surface area (Å²) < 4.78 is 45.9. The van der Waals surface area contributed by atoms with Gasteiger partial charge in [0.25, 0.3) is 6.43 Å². The molecule has 2 heterocycles. The largest absolute Gasteiger partial charge is 0.477 e. The summed E-state index contributed by atoms with van der Waals surface area (Å²) in [6.07, 6.45) is -1.51. The van der Waals surface area contributed by atoms with Crippen LogP contribution in [0.4, 0.5) is 18.9 Å². The minimum absolute atomic E-state index is 0.0122. The highest BCUT2D eigenvalue weighted by Crippen LogP contribution is 2.39. The van der Waals surface area contributed by atoms with Crippen molar-refractivity contribution in [2.24, 2.45) is 10.7 Å². The van der Waals surface area contributed by atoms with E-state index in [9.17, 15) is 18.0 Å². The van der Waals surface area contributed by atoms with Crippen molar-refractivity contribution in [2.75, 3.05) is 18.9 Å². The molecule has 11 heteroatoms. The van der Waals surface area contributed by atoms with Crippen molar-refractivity contribution in [3.05, 3.63) is 57.6 Å². The van der Waals surface area contributed by atoms with Gasteiger partial charge in [-0.1, -0.05) is 6.07 Å². The summed E-state index contributed by atoms with van der Waals surface area (Å²) >= 11 is 2.93. The van der Waals surface area contributed by atoms with Gasteiger partial charge in [-0.05, 0) is 46.6 Å². The molecule has 1 aromatic carbocycles. The number of nitrogens with zero attached hydrogens (tertiary/aromatic N) is 2. The number of carboxylic acid groups (broad SMARTS) is 1. The average molecular weight is 475 g/mol. The highest BCUT2D eigenvalue weighted by Gasteiger charge is 2.46. The van der Waals surface area contributed by atoms with Crippen LogP contribution in [0.15, 0.2) is 39.9 Å². The van der Waals surface area contributed by atoms with Crippen molar-refractivity contribution < 1.29 is 27.8 Å². The first-order chi connectivity index (χ1) is 13.6. The van der Waals surface area contributed by atoms with Crippen LogP contribution >= 0.6 is 15.9 Å². The number of anilines is 1. The van der Waals surface area contributed by atoms with Crippen LogP contribution in [-0.4, -0.2) is 41.5 Å². The summed E-state index contributed by atoms with van der Waals surface area (Å²) in [6, 6.07) is 5.84. The lowest BCUT2D eigenvalue weighted by atomic mass is 9.90. The summed E-state index contributed by atoms with van der Waals surface area (Å²) in [5.74, 6) is -1.93. The molecule has 1 aliphatic heterocycles. The molecule has 1 aromatic heterocycles.